The Balaban J connectivity index is 1.59. The lowest BCUT2D eigenvalue weighted by Gasteiger charge is -2.38. The highest BCUT2D eigenvalue weighted by Crippen LogP contribution is 2.29. The van der Waals surface area contributed by atoms with E-state index in [0.29, 0.717) is 0 Å². The molecule has 0 radical (unpaired) electrons. The Morgan fingerprint density at radius 3 is 2.29 bits per heavy atom. The van der Waals surface area contributed by atoms with Crippen molar-refractivity contribution >= 4 is 11.7 Å². The number of urea groups is 1. The molecule has 1 aromatic rings. The van der Waals surface area contributed by atoms with Crippen LogP contribution in [0.1, 0.15) is 52.0 Å². The zero-order valence-corrected chi connectivity index (χ0v) is 15.3. The summed E-state index contributed by atoms with van der Waals surface area (Å²) >= 11 is 0. The van der Waals surface area contributed by atoms with Crippen LogP contribution in [0.4, 0.5) is 10.5 Å². The maximum atomic E-state index is 12.7. The van der Waals surface area contributed by atoms with Crippen LogP contribution in [0.2, 0.25) is 0 Å². The summed E-state index contributed by atoms with van der Waals surface area (Å²) in [5.74, 6) is 0. The second-order valence-corrected chi connectivity index (χ2v) is 8.19. The first-order valence-corrected chi connectivity index (χ1v) is 9.34. The summed E-state index contributed by atoms with van der Waals surface area (Å²) in [6.45, 7) is 10.2. The van der Waals surface area contributed by atoms with Crippen molar-refractivity contribution in [3.05, 3.63) is 29.8 Å². The monoisotopic (exact) mass is 329 g/mol. The summed E-state index contributed by atoms with van der Waals surface area (Å²) in [7, 11) is 0. The highest BCUT2D eigenvalue weighted by atomic mass is 16.2. The van der Waals surface area contributed by atoms with Crippen LogP contribution in [0.5, 0.6) is 0 Å². The van der Waals surface area contributed by atoms with Crippen LogP contribution in [-0.4, -0.2) is 48.1 Å². The van der Waals surface area contributed by atoms with E-state index in [2.05, 4.69) is 37.1 Å². The minimum absolute atomic E-state index is 0.0189. The third-order valence-corrected chi connectivity index (χ3v) is 5.42. The molecule has 2 fully saturated rings. The fourth-order valence-electron chi connectivity index (χ4n) is 4.00. The van der Waals surface area contributed by atoms with Gasteiger partial charge in [0.05, 0.1) is 0 Å². The van der Waals surface area contributed by atoms with Gasteiger partial charge in [-0.25, -0.2) is 4.79 Å². The zero-order valence-electron chi connectivity index (χ0n) is 15.3. The summed E-state index contributed by atoms with van der Waals surface area (Å²) in [5.41, 5.74) is 2.14. The van der Waals surface area contributed by atoms with Crippen LogP contribution < -0.4 is 5.32 Å². The summed E-state index contributed by atoms with van der Waals surface area (Å²) in [5, 5.41) is 3.14. The second kappa shape index (κ2) is 7.14. The molecule has 0 atom stereocenters. The van der Waals surface area contributed by atoms with E-state index in [-0.39, 0.29) is 11.4 Å². The van der Waals surface area contributed by atoms with Crippen molar-refractivity contribution in [3.8, 4) is 0 Å². The first-order chi connectivity index (χ1) is 11.4. The number of carbonyl (C=O) groups is 1. The largest absolute Gasteiger partial charge is 0.322 e. The summed E-state index contributed by atoms with van der Waals surface area (Å²) in [6.07, 6.45) is 5.42. The van der Waals surface area contributed by atoms with Crippen LogP contribution in [0, 0.1) is 0 Å². The van der Waals surface area contributed by atoms with Crippen LogP contribution in [0.25, 0.3) is 0 Å². The lowest BCUT2D eigenvalue weighted by molar-refractivity contribution is 0.115. The average Bonchev–Trinajstić information content (AvgIpc) is 3.09. The predicted octanol–water partition coefficient (Wildman–Crippen LogP) is 4.08. The Morgan fingerprint density at radius 2 is 1.67 bits per heavy atom. The van der Waals surface area contributed by atoms with Gasteiger partial charge in [0.2, 0.25) is 0 Å². The quantitative estimate of drug-likeness (QED) is 0.887. The van der Waals surface area contributed by atoms with Gasteiger partial charge in [-0.1, -0.05) is 51.8 Å². The minimum atomic E-state index is 0.0189. The topological polar surface area (TPSA) is 35.6 Å². The highest BCUT2D eigenvalue weighted by molar-refractivity contribution is 5.90. The maximum absolute atomic E-state index is 12.7. The highest BCUT2D eigenvalue weighted by Gasteiger charge is 2.28. The van der Waals surface area contributed by atoms with E-state index in [0.717, 1.165) is 37.9 Å². The van der Waals surface area contributed by atoms with Crippen LogP contribution in [0.15, 0.2) is 24.3 Å². The van der Waals surface area contributed by atoms with Crippen LogP contribution >= 0.6 is 0 Å². The Bertz CT molecular complexity index is 564. The van der Waals surface area contributed by atoms with E-state index < -0.39 is 0 Å². The van der Waals surface area contributed by atoms with E-state index >= 15 is 0 Å². The molecule has 1 aliphatic heterocycles. The number of amides is 2. The lowest BCUT2D eigenvalue weighted by atomic mass is 9.86. The van der Waals surface area contributed by atoms with Crippen molar-refractivity contribution in [1.29, 1.82) is 0 Å². The van der Waals surface area contributed by atoms with Gasteiger partial charge in [0.15, 0.2) is 0 Å². The molecule has 2 amide bonds. The van der Waals surface area contributed by atoms with Gasteiger partial charge in [0, 0.05) is 37.9 Å². The molecule has 24 heavy (non-hydrogen) atoms. The zero-order chi connectivity index (χ0) is 17.2. The number of anilines is 1. The number of piperazine rings is 1. The lowest BCUT2D eigenvalue weighted by Crippen LogP contribution is -2.52. The molecule has 0 aromatic heterocycles. The van der Waals surface area contributed by atoms with Crippen LogP contribution in [0.3, 0.4) is 0 Å². The first kappa shape index (κ1) is 17.3. The molecule has 0 unspecified atom stereocenters. The SMILES string of the molecule is CC(C)(C)c1ccccc1NC(=O)N1CCN(C2CCCC2)CC1. The van der Waals surface area contributed by atoms with E-state index in [9.17, 15) is 4.79 Å². The van der Waals surface area contributed by atoms with Gasteiger partial charge in [0.25, 0.3) is 0 Å². The molecule has 132 valence electrons. The Kier molecular flexibility index (Phi) is 5.14. The molecular formula is C20H31N3O. The molecule has 0 bridgehead atoms. The fraction of sp³-hybridized carbons (Fsp3) is 0.650. The van der Waals surface area contributed by atoms with Gasteiger partial charge < -0.3 is 10.2 Å². The third-order valence-electron chi connectivity index (χ3n) is 5.42. The predicted molar refractivity (Wildman–Crippen MR) is 99.6 cm³/mol. The van der Waals surface area contributed by atoms with Gasteiger partial charge in [-0.15, -0.1) is 0 Å². The number of rotatable bonds is 2. The van der Waals surface area contributed by atoms with Crippen molar-refractivity contribution in [2.45, 2.75) is 57.9 Å². The molecule has 1 aliphatic carbocycles. The van der Waals surface area contributed by atoms with Crippen molar-refractivity contribution in [2.24, 2.45) is 0 Å². The summed E-state index contributed by atoms with van der Waals surface area (Å²) < 4.78 is 0. The molecule has 1 saturated carbocycles. The molecule has 1 N–H and O–H groups in total. The number of para-hydroxylation sites is 1. The Hall–Kier alpha value is -1.55. The maximum Gasteiger partial charge on any atom is 0.321 e. The molecule has 4 nitrogen and oxygen atoms in total. The van der Waals surface area contributed by atoms with E-state index in [4.69, 9.17) is 0 Å². The third kappa shape index (κ3) is 3.92. The van der Waals surface area contributed by atoms with Gasteiger partial charge >= 0.3 is 6.03 Å². The summed E-state index contributed by atoms with van der Waals surface area (Å²) in [4.78, 5) is 17.2. The number of benzene rings is 1. The van der Waals surface area contributed by atoms with Crippen molar-refractivity contribution in [3.63, 3.8) is 0 Å². The molecule has 3 rings (SSSR count). The van der Waals surface area contributed by atoms with Gasteiger partial charge in [0.1, 0.15) is 0 Å². The van der Waals surface area contributed by atoms with Crippen molar-refractivity contribution in [1.82, 2.24) is 9.80 Å². The van der Waals surface area contributed by atoms with Crippen molar-refractivity contribution < 1.29 is 4.79 Å². The molecular weight excluding hydrogens is 298 g/mol. The molecule has 2 aliphatic rings. The Morgan fingerprint density at radius 1 is 1.04 bits per heavy atom. The van der Waals surface area contributed by atoms with Gasteiger partial charge in [-0.2, -0.15) is 0 Å². The molecule has 1 heterocycles. The normalized spacial score (nSPS) is 20.4. The number of nitrogens with zero attached hydrogens (tertiary/aromatic N) is 2. The van der Waals surface area contributed by atoms with Crippen LogP contribution in [-0.2, 0) is 5.41 Å². The average molecular weight is 329 g/mol. The van der Waals surface area contributed by atoms with E-state index in [1.54, 1.807) is 0 Å². The second-order valence-electron chi connectivity index (χ2n) is 8.19. The smallest absolute Gasteiger partial charge is 0.321 e. The number of nitrogens with one attached hydrogen (secondary N) is 1. The minimum Gasteiger partial charge on any atom is -0.322 e. The van der Waals surface area contributed by atoms with Gasteiger partial charge in [-0.05, 0) is 29.9 Å². The fourth-order valence-corrected chi connectivity index (χ4v) is 4.00. The van der Waals surface area contributed by atoms with Gasteiger partial charge in [-0.3, -0.25) is 4.90 Å². The summed E-state index contributed by atoms with van der Waals surface area (Å²) in [6, 6.07) is 8.94. The standard InChI is InChI=1S/C20H31N3O/c1-20(2,3)17-10-6-7-11-18(17)21-19(24)23-14-12-22(13-15-23)16-8-4-5-9-16/h6-7,10-11,16H,4-5,8-9,12-15H2,1-3H3,(H,21,24). The Labute approximate surface area is 146 Å². The number of carbonyl (C=O) groups excluding carboxylic acids is 1. The van der Waals surface area contributed by atoms with E-state index in [1.165, 1.54) is 31.2 Å². The first-order valence-electron chi connectivity index (χ1n) is 9.34. The molecule has 4 heteroatoms. The van der Waals surface area contributed by atoms with Crippen molar-refractivity contribution in [2.75, 3.05) is 31.5 Å². The molecule has 1 aromatic carbocycles. The number of hydrogen-bond donors (Lipinski definition) is 1. The number of hydrogen-bond acceptors (Lipinski definition) is 2. The molecule has 1 saturated heterocycles. The molecule has 0 spiro atoms. The van der Waals surface area contributed by atoms with E-state index in [1.807, 2.05) is 23.1 Å².